The van der Waals surface area contributed by atoms with Gasteiger partial charge in [-0.25, -0.2) is 8.42 Å². The molecule has 0 atom stereocenters. The molecular formula is C13H14ClNO2S2. The van der Waals surface area contributed by atoms with Crippen LogP contribution in [0.5, 0.6) is 0 Å². The molecule has 19 heavy (non-hydrogen) atoms. The normalized spacial score (nSPS) is 11.5. The third kappa shape index (κ3) is 2.94. The van der Waals surface area contributed by atoms with Crippen molar-refractivity contribution >= 4 is 38.6 Å². The minimum atomic E-state index is -3.50. The van der Waals surface area contributed by atoms with Gasteiger partial charge < -0.3 is 0 Å². The average molecular weight is 316 g/mol. The van der Waals surface area contributed by atoms with Crippen molar-refractivity contribution in [3.8, 4) is 0 Å². The first-order valence-electron chi connectivity index (χ1n) is 5.64. The summed E-state index contributed by atoms with van der Waals surface area (Å²) in [4.78, 5) is 0. The van der Waals surface area contributed by atoms with Crippen LogP contribution in [0.1, 0.15) is 11.1 Å². The van der Waals surface area contributed by atoms with Crippen molar-refractivity contribution < 1.29 is 8.42 Å². The van der Waals surface area contributed by atoms with Crippen LogP contribution in [0.4, 0.5) is 5.69 Å². The van der Waals surface area contributed by atoms with Crippen LogP contribution in [0.25, 0.3) is 0 Å². The Labute approximate surface area is 122 Å². The molecule has 1 aromatic carbocycles. The van der Waals surface area contributed by atoms with Crippen molar-refractivity contribution in [1.29, 1.82) is 0 Å². The van der Waals surface area contributed by atoms with Gasteiger partial charge in [-0.15, -0.1) is 22.9 Å². The van der Waals surface area contributed by atoms with Gasteiger partial charge in [0.2, 0.25) is 0 Å². The summed E-state index contributed by atoms with van der Waals surface area (Å²) < 4.78 is 26.5. The Kier molecular flexibility index (Phi) is 4.18. The first-order chi connectivity index (χ1) is 8.95. The topological polar surface area (TPSA) is 37.4 Å². The second-order valence-corrected chi connectivity index (χ2v) is 7.59. The fraction of sp³-hybridized carbons (Fsp3) is 0.231. The lowest BCUT2D eigenvalue weighted by Gasteiger charge is -2.18. The van der Waals surface area contributed by atoms with Crippen LogP contribution in [-0.2, 0) is 15.9 Å². The molecule has 1 heterocycles. The van der Waals surface area contributed by atoms with Gasteiger partial charge in [0.05, 0.1) is 5.69 Å². The zero-order valence-corrected chi connectivity index (χ0v) is 13.0. The maximum Gasteiger partial charge on any atom is 0.273 e. The predicted molar refractivity (Wildman–Crippen MR) is 80.6 cm³/mol. The van der Waals surface area contributed by atoms with Crippen molar-refractivity contribution in [2.75, 3.05) is 11.4 Å². The summed E-state index contributed by atoms with van der Waals surface area (Å²) in [7, 11) is -1.95. The van der Waals surface area contributed by atoms with Gasteiger partial charge in [-0.3, -0.25) is 4.31 Å². The molecule has 0 spiro atoms. The highest BCUT2D eigenvalue weighted by molar-refractivity contribution is 7.94. The number of anilines is 1. The van der Waals surface area contributed by atoms with Gasteiger partial charge in [-0.2, -0.15) is 0 Å². The Bertz CT molecular complexity index is 679. The smallest absolute Gasteiger partial charge is 0.269 e. The van der Waals surface area contributed by atoms with Crippen LogP contribution < -0.4 is 4.31 Å². The van der Waals surface area contributed by atoms with Crippen molar-refractivity contribution in [3.05, 3.63) is 46.8 Å². The SMILES string of the molecule is Cc1cccc(N(C)S(=O)(=O)c2cc(CCl)cs2)c1. The van der Waals surface area contributed by atoms with E-state index in [1.54, 1.807) is 24.6 Å². The van der Waals surface area contributed by atoms with E-state index in [-0.39, 0.29) is 0 Å². The van der Waals surface area contributed by atoms with Gasteiger partial charge in [0.15, 0.2) is 0 Å². The molecule has 0 saturated carbocycles. The molecule has 2 aromatic rings. The Balaban J connectivity index is 2.39. The Morgan fingerprint density at radius 2 is 2.05 bits per heavy atom. The quantitative estimate of drug-likeness (QED) is 0.808. The van der Waals surface area contributed by atoms with Crippen LogP contribution in [0, 0.1) is 6.92 Å². The van der Waals surface area contributed by atoms with Gasteiger partial charge in [0.1, 0.15) is 4.21 Å². The maximum atomic E-state index is 12.5. The Hall–Kier alpha value is -1.04. The Morgan fingerprint density at radius 1 is 1.32 bits per heavy atom. The lowest BCUT2D eigenvalue weighted by Crippen LogP contribution is -2.25. The van der Waals surface area contributed by atoms with E-state index >= 15 is 0 Å². The molecule has 2 rings (SSSR count). The maximum absolute atomic E-state index is 12.5. The Morgan fingerprint density at radius 3 is 2.63 bits per heavy atom. The average Bonchev–Trinajstić information content (AvgIpc) is 2.87. The fourth-order valence-electron chi connectivity index (χ4n) is 1.66. The van der Waals surface area contributed by atoms with E-state index in [9.17, 15) is 8.42 Å². The highest BCUT2D eigenvalue weighted by atomic mass is 35.5. The summed E-state index contributed by atoms with van der Waals surface area (Å²) in [5.41, 5.74) is 2.50. The second kappa shape index (κ2) is 5.53. The second-order valence-electron chi connectivity index (χ2n) is 4.22. The zero-order chi connectivity index (χ0) is 14.0. The van der Waals surface area contributed by atoms with Crippen LogP contribution in [0.3, 0.4) is 0 Å². The first kappa shape index (κ1) is 14.4. The number of hydrogen-bond acceptors (Lipinski definition) is 3. The van der Waals surface area contributed by atoms with E-state index < -0.39 is 10.0 Å². The number of halogens is 1. The van der Waals surface area contributed by atoms with Crippen LogP contribution >= 0.6 is 22.9 Å². The molecule has 0 unspecified atom stereocenters. The summed E-state index contributed by atoms with van der Waals surface area (Å²) >= 11 is 6.90. The van der Waals surface area contributed by atoms with Crippen molar-refractivity contribution in [2.45, 2.75) is 17.0 Å². The number of thiophene rings is 1. The molecule has 0 aliphatic heterocycles. The molecule has 3 nitrogen and oxygen atoms in total. The van der Waals surface area contributed by atoms with Gasteiger partial charge in [-0.05, 0) is 41.6 Å². The van der Waals surface area contributed by atoms with Gasteiger partial charge in [0.25, 0.3) is 10.0 Å². The van der Waals surface area contributed by atoms with Gasteiger partial charge in [-0.1, -0.05) is 12.1 Å². The van der Waals surface area contributed by atoms with Crippen molar-refractivity contribution in [3.63, 3.8) is 0 Å². The number of rotatable bonds is 4. The molecule has 0 saturated heterocycles. The molecule has 0 fully saturated rings. The van der Waals surface area contributed by atoms with Crippen LogP contribution in [-0.4, -0.2) is 15.5 Å². The van der Waals surface area contributed by atoms with Crippen LogP contribution in [0.2, 0.25) is 0 Å². The summed E-state index contributed by atoms with van der Waals surface area (Å²) in [6.07, 6.45) is 0. The van der Waals surface area contributed by atoms with Gasteiger partial charge in [0, 0.05) is 12.9 Å². The molecule has 0 bridgehead atoms. The molecular weight excluding hydrogens is 302 g/mol. The number of sulfonamides is 1. The highest BCUT2D eigenvalue weighted by Gasteiger charge is 2.23. The molecule has 0 aliphatic carbocycles. The fourth-order valence-corrected chi connectivity index (χ4v) is 4.47. The minimum Gasteiger partial charge on any atom is -0.269 e. The number of alkyl halides is 1. The molecule has 0 aliphatic rings. The van der Waals surface area contributed by atoms with E-state index in [1.165, 1.54) is 15.6 Å². The number of aryl methyl sites for hydroxylation is 1. The largest absolute Gasteiger partial charge is 0.273 e. The van der Waals surface area contributed by atoms with E-state index in [0.29, 0.717) is 15.8 Å². The monoisotopic (exact) mass is 315 g/mol. The van der Waals surface area contributed by atoms with Crippen molar-refractivity contribution in [2.24, 2.45) is 0 Å². The summed E-state index contributed by atoms with van der Waals surface area (Å²) in [6, 6.07) is 9.02. The molecule has 1 aromatic heterocycles. The summed E-state index contributed by atoms with van der Waals surface area (Å²) in [5, 5.41) is 1.77. The predicted octanol–water partition coefficient (Wildman–Crippen LogP) is 3.62. The lowest BCUT2D eigenvalue weighted by molar-refractivity contribution is 0.596. The van der Waals surface area contributed by atoms with E-state index in [0.717, 1.165) is 11.1 Å². The molecule has 0 amide bonds. The van der Waals surface area contributed by atoms with E-state index in [2.05, 4.69) is 0 Å². The minimum absolute atomic E-state index is 0.312. The molecule has 6 heteroatoms. The number of benzene rings is 1. The molecule has 0 N–H and O–H groups in total. The number of nitrogens with zero attached hydrogens (tertiary/aromatic N) is 1. The highest BCUT2D eigenvalue weighted by Crippen LogP contribution is 2.27. The molecule has 102 valence electrons. The molecule has 0 radical (unpaired) electrons. The number of hydrogen-bond donors (Lipinski definition) is 0. The third-order valence-electron chi connectivity index (χ3n) is 2.76. The summed E-state index contributed by atoms with van der Waals surface area (Å²) in [5.74, 6) is 0.320. The zero-order valence-electron chi connectivity index (χ0n) is 10.6. The van der Waals surface area contributed by atoms with Crippen molar-refractivity contribution in [1.82, 2.24) is 0 Å². The summed E-state index contributed by atoms with van der Waals surface area (Å²) in [6.45, 7) is 1.93. The van der Waals surface area contributed by atoms with E-state index in [4.69, 9.17) is 11.6 Å². The van der Waals surface area contributed by atoms with Crippen LogP contribution in [0.15, 0.2) is 39.9 Å². The first-order valence-corrected chi connectivity index (χ1v) is 8.49. The third-order valence-corrected chi connectivity index (χ3v) is 6.32. The van der Waals surface area contributed by atoms with E-state index in [1.807, 2.05) is 25.1 Å². The lowest BCUT2D eigenvalue weighted by atomic mass is 10.2. The van der Waals surface area contributed by atoms with Gasteiger partial charge >= 0.3 is 0 Å². The standard InChI is InChI=1S/C13H14ClNO2S2/c1-10-4-3-5-12(6-10)15(2)19(16,17)13-7-11(8-14)9-18-13/h3-7,9H,8H2,1-2H3.